The molecule has 0 aliphatic heterocycles. The summed E-state index contributed by atoms with van der Waals surface area (Å²) in [7, 11) is 2.09. The van der Waals surface area contributed by atoms with Crippen LogP contribution in [0.4, 0.5) is 0 Å². The van der Waals surface area contributed by atoms with E-state index in [4.69, 9.17) is 5.26 Å². The van der Waals surface area contributed by atoms with Crippen molar-refractivity contribution in [1.29, 1.82) is 5.26 Å². The van der Waals surface area contributed by atoms with Crippen LogP contribution in [0.2, 0.25) is 0 Å². The molecule has 0 aliphatic carbocycles. The normalized spacial score (nSPS) is 12.6. The highest BCUT2D eigenvalue weighted by molar-refractivity contribution is 5.03. The lowest BCUT2D eigenvalue weighted by Crippen LogP contribution is -2.36. The summed E-state index contributed by atoms with van der Waals surface area (Å²) in [5.74, 6) is 0. The minimum Gasteiger partial charge on any atom is -0.306 e. The van der Waals surface area contributed by atoms with E-state index in [0.717, 1.165) is 31.6 Å². The smallest absolute Gasteiger partial charge is 0.0967 e. The Labute approximate surface area is 116 Å². The topological polar surface area (TPSA) is 52.0 Å². The number of nitrogens with zero attached hydrogens (tertiary/aromatic N) is 3. The molecule has 0 radical (unpaired) electrons. The van der Waals surface area contributed by atoms with Gasteiger partial charge in [0.05, 0.1) is 12.1 Å². The molecule has 0 saturated carbocycles. The first-order valence-electron chi connectivity index (χ1n) is 6.86. The van der Waals surface area contributed by atoms with Gasteiger partial charge >= 0.3 is 0 Å². The van der Waals surface area contributed by atoms with Crippen molar-refractivity contribution in [2.24, 2.45) is 0 Å². The second-order valence-corrected chi connectivity index (χ2v) is 5.17. The molecule has 1 heterocycles. The molecule has 0 aliphatic rings. The average molecular weight is 260 g/mol. The maximum Gasteiger partial charge on any atom is 0.0967 e. The Balaban J connectivity index is 2.24. The Morgan fingerprint density at radius 3 is 2.74 bits per heavy atom. The number of aromatic nitrogens is 1. The van der Waals surface area contributed by atoms with Crippen LogP contribution >= 0.6 is 0 Å². The van der Waals surface area contributed by atoms with Crippen molar-refractivity contribution >= 4 is 0 Å². The highest BCUT2D eigenvalue weighted by Gasteiger charge is 2.09. The lowest BCUT2D eigenvalue weighted by molar-refractivity contribution is 0.317. The van der Waals surface area contributed by atoms with E-state index in [1.165, 1.54) is 0 Å². The molecule has 19 heavy (non-hydrogen) atoms. The Morgan fingerprint density at radius 2 is 2.16 bits per heavy atom. The van der Waals surface area contributed by atoms with Gasteiger partial charge in [0.15, 0.2) is 0 Å². The van der Waals surface area contributed by atoms with Crippen LogP contribution in [0.25, 0.3) is 0 Å². The summed E-state index contributed by atoms with van der Waals surface area (Å²) in [6, 6.07) is 8.60. The van der Waals surface area contributed by atoms with Crippen LogP contribution in [0, 0.1) is 11.3 Å². The zero-order valence-corrected chi connectivity index (χ0v) is 12.1. The molecule has 1 N–H and O–H groups in total. The summed E-state index contributed by atoms with van der Waals surface area (Å²) in [5.41, 5.74) is 1.12. The summed E-state index contributed by atoms with van der Waals surface area (Å²) in [5, 5.41) is 12.3. The van der Waals surface area contributed by atoms with Crippen molar-refractivity contribution in [2.45, 2.75) is 38.8 Å². The molecule has 104 valence electrons. The molecule has 4 heteroatoms. The minimum atomic E-state index is -0.0581. The number of pyridine rings is 1. The number of rotatable bonds is 8. The first-order chi connectivity index (χ1) is 9.11. The molecule has 0 saturated heterocycles. The fourth-order valence-electron chi connectivity index (χ4n) is 1.90. The van der Waals surface area contributed by atoms with Gasteiger partial charge in [-0.05, 0) is 39.4 Å². The van der Waals surface area contributed by atoms with Crippen LogP contribution in [-0.4, -0.2) is 42.1 Å². The van der Waals surface area contributed by atoms with Gasteiger partial charge in [0.2, 0.25) is 0 Å². The van der Waals surface area contributed by atoms with Gasteiger partial charge in [-0.2, -0.15) is 5.26 Å². The molecule has 0 fully saturated rings. The molecule has 1 unspecified atom stereocenters. The van der Waals surface area contributed by atoms with Crippen LogP contribution in [0.3, 0.4) is 0 Å². The summed E-state index contributed by atoms with van der Waals surface area (Å²) in [6.45, 7) is 6.02. The maximum atomic E-state index is 9.05. The van der Waals surface area contributed by atoms with Crippen molar-refractivity contribution in [3.05, 3.63) is 30.1 Å². The van der Waals surface area contributed by atoms with Gasteiger partial charge in [-0.1, -0.05) is 6.07 Å². The number of nitrogens with one attached hydrogen (secondary N) is 1. The van der Waals surface area contributed by atoms with E-state index in [0.29, 0.717) is 6.04 Å². The van der Waals surface area contributed by atoms with Gasteiger partial charge in [-0.3, -0.25) is 10.3 Å². The zero-order chi connectivity index (χ0) is 14.1. The van der Waals surface area contributed by atoms with E-state index in [-0.39, 0.29) is 6.04 Å². The third kappa shape index (κ3) is 6.90. The fourth-order valence-corrected chi connectivity index (χ4v) is 1.90. The van der Waals surface area contributed by atoms with Crippen LogP contribution in [0.5, 0.6) is 0 Å². The second kappa shape index (κ2) is 8.63. The van der Waals surface area contributed by atoms with Crippen LogP contribution in [0.1, 0.15) is 26.0 Å². The molecule has 0 spiro atoms. The Hall–Kier alpha value is -1.44. The monoisotopic (exact) mass is 260 g/mol. The minimum absolute atomic E-state index is 0.0581. The predicted octanol–water partition coefficient (Wildman–Crippen LogP) is 1.84. The lowest BCUT2D eigenvalue weighted by Gasteiger charge is -2.20. The lowest BCUT2D eigenvalue weighted by atomic mass is 10.2. The zero-order valence-electron chi connectivity index (χ0n) is 12.1. The van der Waals surface area contributed by atoms with Crippen LogP contribution < -0.4 is 5.32 Å². The molecule has 0 amide bonds. The predicted molar refractivity (Wildman–Crippen MR) is 77.7 cm³/mol. The van der Waals surface area contributed by atoms with Gasteiger partial charge in [-0.15, -0.1) is 0 Å². The summed E-state index contributed by atoms with van der Waals surface area (Å²) in [4.78, 5) is 6.56. The molecule has 1 aromatic heterocycles. The number of hydrogen-bond acceptors (Lipinski definition) is 4. The summed E-state index contributed by atoms with van der Waals surface area (Å²) < 4.78 is 0. The highest BCUT2D eigenvalue weighted by atomic mass is 15.1. The molecule has 0 bridgehead atoms. The van der Waals surface area contributed by atoms with Gasteiger partial charge < -0.3 is 4.90 Å². The van der Waals surface area contributed by atoms with Crippen LogP contribution in [0.15, 0.2) is 24.4 Å². The van der Waals surface area contributed by atoms with Gasteiger partial charge in [-0.25, -0.2) is 0 Å². The third-order valence-corrected chi connectivity index (χ3v) is 2.97. The van der Waals surface area contributed by atoms with Crippen molar-refractivity contribution in [3.63, 3.8) is 0 Å². The maximum absolute atomic E-state index is 9.05. The number of nitriles is 1. The second-order valence-electron chi connectivity index (χ2n) is 5.17. The molecular formula is C15H24N4. The number of hydrogen-bond donors (Lipinski definition) is 1. The largest absolute Gasteiger partial charge is 0.306 e. The quantitative estimate of drug-likeness (QED) is 0.775. The molecule has 0 aromatic carbocycles. The van der Waals surface area contributed by atoms with Crippen molar-refractivity contribution < 1.29 is 0 Å². The van der Waals surface area contributed by atoms with Gasteiger partial charge in [0.1, 0.15) is 0 Å². The first kappa shape index (κ1) is 15.6. The molecule has 4 nitrogen and oxygen atoms in total. The third-order valence-electron chi connectivity index (χ3n) is 2.97. The summed E-state index contributed by atoms with van der Waals surface area (Å²) >= 11 is 0. The molecule has 1 atom stereocenters. The van der Waals surface area contributed by atoms with E-state index < -0.39 is 0 Å². The van der Waals surface area contributed by atoms with Crippen molar-refractivity contribution in [1.82, 2.24) is 15.2 Å². The van der Waals surface area contributed by atoms with Crippen LogP contribution in [-0.2, 0) is 6.42 Å². The van der Waals surface area contributed by atoms with E-state index in [1.807, 2.05) is 24.4 Å². The van der Waals surface area contributed by atoms with Gasteiger partial charge in [0.25, 0.3) is 0 Å². The number of likely N-dealkylation sites (N-methyl/N-ethyl adjacent to an activating group) is 1. The van der Waals surface area contributed by atoms with E-state index in [9.17, 15) is 0 Å². The Kier molecular flexibility index (Phi) is 7.09. The van der Waals surface area contributed by atoms with Crippen molar-refractivity contribution in [3.8, 4) is 6.07 Å². The SMILES string of the molecule is CC(C)NC(C#N)CCN(C)CCc1ccccn1. The Bertz CT molecular complexity index is 383. The highest BCUT2D eigenvalue weighted by Crippen LogP contribution is 1.99. The fraction of sp³-hybridized carbons (Fsp3) is 0.600. The molecule has 1 aromatic rings. The Morgan fingerprint density at radius 1 is 1.37 bits per heavy atom. The molecule has 1 rings (SSSR count). The summed E-state index contributed by atoms with van der Waals surface area (Å²) in [6.07, 6.45) is 3.63. The molecular weight excluding hydrogens is 236 g/mol. The van der Waals surface area contributed by atoms with E-state index in [1.54, 1.807) is 0 Å². The van der Waals surface area contributed by atoms with E-state index >= 15 is 0 Å². The first-order valence-corrected chi connectivity index (χ1v) is 6.86. The van der Waals surface area contributed by atoms with Gasteiger partial charge in [0, 0.05) is 37.4 Å². The van der Waals surface area contributed by atoms with E-state index in [2.05, 4.69) is 42.2 Å². The standard InChI is InChI=1S/C15H24N4/c1-13(2)18-15(12-16)8-11-19(3)10-7-14-6-4-5-9-17-14/h4-6,9,13,15,18H,7-8,10-11H2,1-3H3. The average Bonchev–Trinajstić information content (AvgIpc) is 2.42. The van der Waals surface area contributed by atoms with Crippen molar-refractivity contribution in [2.75, 3.05) is 20.1 Å².